The number of hydrogen-bond acceptors (Lipinski definition) is 8. The topological polar surface area (TPSA) is 119 Å². The van der Waals surface area contributed by atoms with E-state index in [0.29, 0.717) is 13.1 Å². The number of hydrogen-bond donors (Lipinski definition) is 2. The predicted octanol–water partition coefficient (Wildman–Crippen LogP) is 1.07. The summed E-state index contributed by atoms with van der Waals surface area (Å²) in [5, 5.41) is 12.4. The van der Waals surface area contributed by atoms with Gasteiger partial charge >= 0.3 is 11.9 Å². The van der Waals surface area contributed by atoms with E-state index in [9.17, 15) is 23.1 Å². The van der Waals surface area contributed by atoms with E-state index in [1.54, 1.807) is 20.8 Å². The van der Waals surface area contributed by atoms with Crippen LogP contribution < -0.4 is 5.32 Å². The summed E-state index contributed by atoms with van der Waals surface area (Å²) in [7, 11) is -3.06. The molecule has 0 aromatic heterocycles. The molecular weight excluding hydrogens is 386 g/mol. The normalized spacial score (nSPS) is 18.2. The maximum atomic E-state index is 13.3. The minimum atomic E-state index is -4.28. The predicted molar refractivity (Wildman–Crippen MR) is 102 cm³/mol. The molecule has 1 unspecified atom stereocenters. The number of ether oxygens (including phenoxy) is 2. The van der Waals surface area contributed by atoms with Crippen molar-refractivity contribution in [2.75, 3.05) is 20.2 Å². The SMILES string of the molecule is COC(=O)c1ccc(S(=O)(=O)C(C(=O)OC(C)(C)C)C2(O)CCNCC2)cc1. The number of rotatable bonds is 5. The van der Waals surface area contributed by atoms with Crippen molar-refractivity contribution < 1.29 is 32.6 Å². The lowest BCUT2D eigenvalue weighted by molar-refractivity contribution is -0.160. The summed E-state index contributed by atoms with van der Waals surface area (Å²) >= 11 is 0. The minimum Gasteiger partial charge on any atom is -0.465 e. The van der Waals surface area contributed by atoms with Crippen molar-refractivity contribution in [3.63, 3.8) is 0 Å². The first-order chi connectivity index (χ1) is 12.9. The molecule has 0 amide bonds. The number of piperidine rings is 1. The first-order valence-electron chi connectivity index (χ1n) is 8.99. The first kappa shape index (κ1) is 22.3. The van der Waals surface area contributed by atoms with Gasteiger partial charge in [0.1, 0.15) is 5.60 Å². The second-order valence-corrected chi connectivity index (χ2v) is 9.86. The van der Waals surface area contributed by atoms with Gasteiger partial charge in [0.2, 0.25) is 0 Å². The van der Waals surface area contributed by atoms with Crippen molar-refractivity contribution in [1.29, 1.82) is 0 Å². The molecule has 1 heterocycles. The van der Waals surface area contributed by atoms with Crippen molar-refractivity contribution >= 4 is 21.8 Å². The number of esters is 2. The van der Waals surface area contributed by atoms with E-state index >= 15 is 0 Å². The van der Waals surface area contributed by atoms with Gasteiger partial charge in [-0.25, -0.2) is 13.2 Å². The van der Waals surface area contributed by atoms with E-state index < -0.39 is 38.2 Å². The molecule has 0 aliphatic carbocycles. The number of nitrogens with one attached hydrogen (secondary N) is 1. The average Bonchev–Trinajstić information content (AvgIpc) is 2.59. The molecule has 0 bridgehead atoms. The van der Waals surface area contributed by atoms with Gasteiger partial charge in [-0.15, -0.1) is 0 Å². The van der Waals surface area contributed by atoms with Crippen molar-refractivity contribution in [3.05, 3.63) is 29.8 Å². The average molecular weight is 413 g/mol. The Bertz CT molecular complexity index is 819. The lowest BCUT2D eigenvalue weighted by Gasteiger charge is -2.38. The fraction of sp³-hybridized carbons (Fsp3) is 0.579. The highest BCUT2D eigenvalue weighted by Gasteiger charge is 2.52. The molecule has 1 aliphatic heterocycles. The van der Waals surface area contributed by atoms with Gasteiger partial charge in [-0.05, 0) is 71.0 Å². The van der Waals surface area contributed by atoms with Crippen molar-refractivity contribution in [3.8, 4) is 0 Å². The van der Waals surface area contributed by atoms with E-state index in [2.05, 4.69) is 10.1 Å². The molecule has 1 aromatic rings. The molecule has 0 saturated carbocycles. The van der Waals surface area contributed by atoms with Crippen LogP contribution in [0.5, 0.6) is 0 Å². The summed E-state index contributed by atoms with van der Waals surface area (Å²) in [6.45, 7) is 5.66. The lowest BCUT2D eigenvalue weighted by Crippen LogP contribution is -2.57. The Labute approximate surface area is 165 Å². The summed E-state index contributed by atoms with van der Waals surface area (Å²) in [5.41, 5.74) is -2.49. The largest absolute Gasteiger partial charge is 0.465 e. The minimum absolute atomic E-state index is 0.0936. The molecule has 9 heteroatoms. The molecular formula is C19H27NO7S. The lowest BCUT2D eigenvalue weighted by atomic mass is 9.88. The molecule has 1 aromatic carbocycles. The summed E-state index contributed by atoms with van der Waals surface area (Å²) in [6.07, 6.45) is 0.187. The molecule has 28 heavy (non-hydrogen) atoms. The van der Waals surface area contributed by atoms with Gasteiger partial charge in [-0.3, -0.25) is 4.79 Å². The zero-order valence-electron chi connectivity index (χ0n) is 16.5. The third kappa shape index (κ3) is 4.89. The molecule has 1 fully saturated rings. The van der Waals surface area contributed by atoms with Crippen molar-refractivity contribution in [2.45, 2.75) is 55.0 Å². The van der Waals surface area contributed by atoms with Crippen LogP contribution in [0.25, 0.3) is 0 Å². The standard InChI is InChI=1S/C19H27NO7S/c1-18(2,3)27-17(22)15(19(23)9-11-20-12-10-19)28(24,25)14-7-5-13(6-8-14)16(21)26-4/h5-8,15,20,23H,9-12H2,1-4H3. The smallest absolute Gasteiger partial charge is 0.337 e. The molecule has 8 nitrogen and oxygen atoms in total. The van der Waals surface area contributed by atoms with Crippen LogP contribution in [-0.2, 0) is 24.1 Å². The van der Waals surface area contributed by atoms with E-state index in [1.807, 2.05) is 0 Å². The first-order valence-corrected chi connectivity index (χ1v) is 10.5. The van der Waals surface area contributed by atoms with Gasteiger partial charge in [0.15, 0.2) is 15.1 Å². The maximum Gasteiger partial charge on any atom is 0.337 e. The Morgan fingerprint density at radius 2 is 1.68 bits per heavy atom. The second kappa shape index (κ2) is 8.18. The van der Waals surface area contributed by atoms with Crippen LogP contribution in [-0.4, -0.2) is 62.1 Å². The molecule has 2 N–H and O–H groups in total. The highest BCUT2D eigenvalue weighted by Crippen LogP contribution is 2.33. The zero-order valence-corrected chi connectivity index (χ0v) is 17.3. The molecule has 0 spiro atoms. The molecule has 2 rings (SSSR count). The fourth-order valence-electron chi connectivity index (χ4n) is 3.15. The van der Waals surface area contributed by atoms with Crippen molar-refractivity contribution in [1.82, 2.24) is 5.32 Å². The third-order valence-electron chi connectivity index (χ3n) is 4.49. The van der Waals surface area contributed by atoms with Gasteiger partial charge in [0, 0.05) is 0 Å². The number of carbonyl (C=O) groups is 2. The Kier molecular flexibility index (Phi) is 6.52. The Hall–Kier alpha value is -1.97. The fourth-order valence-corrected chi connectivity index (χ4v) is 5.05. The van der Waals surface area contributed by atoms with Gasteiger partial charge in [-0.2, -0.15) is 0 Å². The van der Waals surface area contributed by atoms with E-state index in [0.717, 1.165) is 0 Å². The second-order valence-electron chi connectivity index (χ2n) is 7.83. The van der Waals surface area contributed by atoms with E-state index in [4.69, 9.17) is 4.74 Å². The Morgan fingerprint density at radius 1 is 1.14 bits per heavy atom. The highest BCUT2D eigenvalue weighted by atomic mass is 32.2. The number of aliphatic hydroxyl groups is 1. The van der Waals surface area contributed by atoms with Gasteiger partial charge in [0.05, 0.1) is 23.2 Å². The summed E-state index contributed by atoms with van der Waals surface area (Å²) in [6, 6.07) is 5.06. The molecule has 0 radical (unpaired) electrons. The summed E-state index contributed by atoms with van der Waals surface area (Å²) in [5.74, 6) is -1.60. The molecule has 1 atom stereocenters. The van der Waals surface area contributed by atoms with Crippen LogP contribution >= 0.6 is 0 Å². The van der Waals surface area contributed by atoms with E-state index in [1.165, 1.54) is 31.4 Å². The zero-order chi connectivity index (χ0) is 21.2. The van der Waals surface area contributed by atoms with Crippen LogP contribution in [0.1, 0.15) is 44.0 Å². The highest BCUT2D eigenvalue weighted by molar-refractivity contribution is 7.92. The van der Waals surface area contributed by atoms with Gasteiger partial charge in [0.25, 0.3) is 0 Å². The Balaban J connectivity index is 2.48. The Morgan fingerprint density at radius 3 is 2.14 bits per heavy atom. The molecule has 156 valence electrons. The van der Waals surface area contributed by atoms with Crippen LogP contribution in [0.3, 0.4) is 0 Å². The number of carbonyl (C=O) groups excluding carboxylic acids is 2. The molecule has 1 saturated heterocycles. The van der Waals surface area contributed by atoms with Gasteiger partial charge < -0.3 is 19.9 Å². The summed E-state index contributed by atoms with van der Waals surface area (Å²) in [4.78, 5) is 24.2. The molecule has 1 aliphatic rings. The number of sulfone groups is 1. The maximum absolute atomic E-state index is 13.3. The van der Waals surface area contributed by atoms with Crippen molar-refractivity contribution in [2.24, 2.45) is 0 Å². The monoisotopic (exact) mass is 413 g/mol. The number of methoxy groups -OCH3 is 1. The van der Waals surface area contributed by atoms with Crippen LogP contribution in [0.15, 0.2) is 29.2 Å². The quantitative estimate of drug-likeness (QED) is 0.688. The van der Waals surface area contributed by atoms with Crippen LogP contribution in [0, 0.1) is 0 Å². The van der Waals surface area contributed by atoms with Crippen LogP contribution in [0.4, 0.5) is 0 Å². The summed E-state index contributed by atoms with van der Waals surface area (Å²) < 4.78 is 36.6. The number of benzene rings is 1. The van der Waals surface area contributed by atoms with Gasteiger partial charge in [-0.1, -0.05) is 0 Å². The van der Waals surface area contributed by atoms with Crippen LogP contribution in [0.2, 0.25) is 0 Å². The third-order valence-corrected chi connectivity index (χ3v) is 6.67. The van der Waals surface area contributed by atoms with E-state index in [-0.39, 0.29) is 23.3 Å².